The maximum absolute atomic E-state index is 12.6. The summed E-state index contributed by atoms with van der Waals surface area (Å²) in [5.41, 5.74) is 4.20. The van der Waals surface area contributed by atoms with E-state index in [4.69, 9.17) is 10.2 Å². The average molecular weight is 498 g/mol. The third kappa shape index (κ3) is 5.01. The van der Waals surface area contributed by atoms with Crippen LogP contribution in [-0.2, 0) is 16.1 Å². The summed E-state index contributed by atoms with van der Waals surface area (Å²) in [6.07, 6.45) is -0.948. The van der Waals surface area contributed by atoms with Crippen LogP contribution in [0.15, 0.2) is 66.7 Å². The Hall–Kier alpha value is -5.06. The van der Waals surface area contributed by atoms with Gasteiger partial charge in [-0.3, -0.25) is 14.4 Å². The fraction of sp³-hybridized carbons (Fsp3) is 0.154. The summed E-state index contributed by atoms with van der Waals surface area (Å²) >= 11 is 0. The number of fused-ring (bicyclic) bond motifs is 3. The van der Waals surface area contributed by atoms with Gasteiger partial charge in [-0.1, -0.05) is 30.3 Å². The summed E-state index contributed by atoms with van der Waals surface area (Å²) < 4.78 is 2.19. The lowest BCUT2D eigenvalue weighted by atomic mass is 10.1. The molecular formula is C26H22N6O5. The number of hydrogen-bond acceptors (Lipinski definition) is 6. The fourth-order valence-corrected chi connectivity index (χ4v) is 4.46. The number of carboxylic acids is 2. The number of carbonyl (C=O) groups excluding carboxylic acids is 1. The summed E-state index contributed by atoms with van der Waals surface area (Å²) in [5.74, 6) is -2.37. The molecule has 0 saturated carbocycles. The van der Waals surface area contributed by atoms with Gasteiger partial charge in [-0.2, -0.15) is 5.21 Å². The third-order valence-electron chi connectivity index (χ3n) is 6.11. The van der Waals surface area contributed by atoms with Gasteiger partial charge < -0.3 is 20.1 Å². The number of nitrogens with one attached hydrogen (secondary N) is 2. The number of carbonyl (C=O) groups is 3. The van der Waals surface area contributed by atoms with Crippen LogP contribution in [0.2, 0.25) is 0 Å². The molecule has 37 heavy (non-hydrogen) atoms. The molecular weight excluding hydrogens is 476 g/mol. The van der Waals surface area contributed by atoms with Crippen molar-refractivity contribution in [2.45, 2.75) is 25.4 Å². The molecule has 0 atom stereocenters. The van der Waals surface area contributed by atoms with Crippen LogP contribution in [0, 0.1) is 0 Å². The largest absolute Gasteiger partial charge is 0.481 e. The molecule has 0 aliphatic heterocycles. The summed E-state index contributed by atoms with van der Waals surface area (Å²) in [7, 11) is 0. The number of rotatable bonds is 9. The van der Waals surface area contributed by atoms with E-state index in [-0.39, 0.29) is 0 Å². The van der Waals surface area contributed by atoms with Crippen molar-refractivity contribution in [3.63, 3.8) is 0 Å². The van der Waals surface area contributed by atoms with Gasteiger partial charge >= 0.3 is 11.9 Å². The van der Waals surface area contributed by atoms with Gasteiger partial charge in [0.1, 0.15) is 0 Å². The van der Waals surface area contributed by atoms with Gasteiger partial charge in [0.25, 0.3) is 5.91 Å². The van der Waals surface area contributed by atoms with E-state index in [1.165, 1.54) is 0 Å². The summed E-state index contributed by atoms with van der Waals surface area (Å²) in [5, 5.41) is 36.9. The lowest BCUT2D eigenvalue weighted by Crippen LogP contribution is -2.38. The molecule has 2 aromatic heterocycles. The Bertz CT molecular complexity index is 1590. The first-order valence-electron chi connectivity index (χ1n) is 11.5. The molecule has 2 heterocycles. The predicted octanol–water partition coefficient (Wildman–Crippen LogP) is 3.07. The maximum Gasteiger partial charge on any atom is 0.305 e. The molecule has 0 unspecified atom stereocenters. The normalized spacial score (nSPS) is 11.3. The zero-order chi connectivity index (χ0) is 25.9. The number of aromatic amines is 1. The smallest absolute Gasteiger partial charge is 0.305 e. The van der Waals surface area contributed by atoms with E-state index in [9.17, 15) is 14.4 Å². The van der Waals surface area contributed by atoms with Gasteiger partial charge in [0, 0.05) is 39.5 Å². The van der Waals surface area contributed by atoms with Crippen molar-refractivity contribution in [3.05, 3.63) is 77.9 Å². The highest BCUT2D eigenvalue weighted by Gasteiger charge is 2.20. The number of aromatic nitrogens is 5. The van der Waals surface area contributed by atoms with Gasteiger partial charge in [0.2, 0.25) is 5.82 Å². The molecule has 0 bridgehead atoms. The number of nitrogens with zero attached hydrogens (tertiary/aromatic N) is 4. The number of hydrogen-bond donors (Lipinski definition) is 4. The highest BCUT2D eigenvalue weighted by atomic mass is 16.4. The van der Waals surface area contributed by atoms with Crippen molar-refractivity contribution in [2.75, 3.05) is 0 Å². The SMILES string of the molecule is O=C(O)CC(CC(=O)O)NC(=O)c1ccc(Cn2c3ccccc3c3cc(-c4nn[nH]n4)ccc32)cc1. The highest BCUT2D eigenvalue weighted by Crippen LogP contribution is 2.32. The molecule has 0 saturated heterocycles. The molecule has 0 radical (unpaired) electrons. The van der Waals surface area contributed by atoms with Crippen molar-refractivity contribution in [1.29, 1.82) is 0 Å². The first-order chi connectivity index (χ1) is 17.9. The number of H-pyrrole nitrogens is 1. The number of aliphatic carboxylic acids is 2. The number of carboxylic acid groups (broad SMARTS) is 2. The van der Waals surface area contributed by atoms with Gasteiger partial charge in [-0.25, -0.2) is 0 Å². The maximum atomic E-state index is 12.6. The second-order valence-electron chi connectivity index (χ2n) is 8.63. The van der Waals surface area contributed by atoms with Crippen molar-refractivity contribution < 1.29 is 24.6 Å². The Labute approximate surface area is 209 Å². The Kier molecular flexibility index (Phi) is 6.33. The Morgan fingerprint density at radius 1 is 0.892 bits per heavy atom. The van der Waals surface area contributed by atoms with Crippen LogP contribution in [0.5, 0.6) is 0 Å². The first-order valence-corrected chi connectivity index (χ1v) is 11.5. The Morgan fingerprint density at radius 2 is 1.59 bits per heavy atom. The van der Waals surface area contributed by atoms with Gasteiger partial charge in [0.15, 0.2) is 0 Å². The number of benzene rings is 3. The third-order valence-corrected chi connectivity index (χ3v) is 6.11. The van der Waals surface area contributed by atoms with E-state index >= 15 is 0 Å². The van der Waals surface area contributed by atoms with Crippen LogP contribution in [0.1, 0.15) is 28.8 Å². The van der Waals surface area contributed by atoms with Crippen molar-refractivity contribution >= 4 is 39.7 Å². The van der Waals surface area contributed by atoms with E-state index in [0.29, 0.717) is 17.9 Å². The van der Waals surface area contributed by atoms with Crippen LogP contribution < -0.4 is 5.32 Å². The van der Waals surface area contributed by atoms with E-state index < -0.39 is 36.7 Å². The lowest BCUT2D eigenvalue weighted by molar-refractivity contribution is -0.139. The summed E-state index contributed by atoms with van der Waals surface area (Å²) in [6, 6.07) is 20.0. The summed E-state index contributed by atoms with van der Waals surface area (Å²) in [4.78, 5) is 34.6. The lowest BCUT2D eigenvalue weighted by Gasteiger charge is -2.15. The van der Waals surface area contributed by atoms with Crippen LogP contribution in [0.4, 0.5) is 0 Å². The van der Waals surface area contributed by atoms with Gasteiger partial charge in [-0.05, 0) is 47.2 Å². The predicted molar refractivity (Wildman–Crippen MR) is 134 cm³/mol. The van der Waals surface area contributed by atoms with E-state index in [2.05, 4.69) is 42.6 Å². The average Bonchev–Trinajstić information content (AvgIpc) is 3.51. The van der Waals surface area contributed by atoms with Crippen LogP contribution >= 0.6 is 0 Å². The van der Waals surface area contributed by atoms with E-state index in [1.807, 2.05) is 42.5 Å². The van der Waals surface area contributed by atoms with Crippen LogP contribution in [-0.4, -0.2) is 59.3 Å². The quantitative estimate of drug-likeness (QED) is 0.241. The Balaban J connectivity index is 1.41. The summed E-state index contributed by atoms with van der Waals surface area (Å²) in [6.45, 7) is 0.550. The minimum absolute atomic E-state index is 0.316. The van der Waals surface area contributed by atoms with Crippen molar-refractivity contribution in [1.82, 2.24) is 30.5 Å². The second kappa shape index (κ2) is 9.90. The number of amides is 1. The first kappa shape index (κ1) is 23.7. The molecule has 5 rings (SSSR count). The molecule has 0 aliphatic carbocycles. The van der Waals surface area contributed by atoms with Crippen LogP contribution in [0.25, 0.3) is 33.2 Å². The zero-order valence-corrected chi connectivity index (χ0v) is 19.5. The van der Waals surface area contributed by atoms with Gasteiger partial charge in [-0.15, -0.1) is 10.2 Å². The molecule has 3 aromatic carbocycles. The molecule has 11 heteroatoms. The molecule has 0 fully saturated rings. The standard InChI is InChI=1S/C26H22N6O5/c33-23(34)12-18(13-24(35)36)27-26(37)16-7-5-15(6-8-16)14-32-21-4-2-1-3-19(21)20-11-17(9-10-22(20)32)25-28-30-31-29-25/h1-11,18H,12-14H2,(H,27,37)(H,33,34)(H,35,36)(H,28,29,30,31). The van der Waals surface area contributed by atoms with Gasteiger partial charge in [0.05, 0.1) is 18.9 Å². The van der Waals surface area contributed by atoms with E-state index in [1.54, 1.807) is 12.1 Å². The highest BCUT2D eigenvalue weighted by molar-refractivity contribution is 6.09. The van der Waals surface area contributed by atoms with E-state index in [0.717, 1.165) is 32.9 Å². The number of tetrazole rings is 1. The Morgan fingerprint density at radius 3 is 2.27 bits per heavy atom. The molecule has 5 aromatic rings. The molecule has 186 valence electrons. The molecule has 1 amide bonds. The second-order valence-corrected chi connectivity index (χ2v) is 8.63. The minimum atomic E-state index is -1.18. The van der Waals surface area contributed by atoms with Crippen LogP contribution in [0.3, 0.4) is 0 Å². The number of para-hydroxylation sites is 1. The minimum Gasteiger partial charge on any atom is -0.481 e. The molecule has 0 aliphatic rings. The fourth-order valence-electron chi connectivity index (χ4n) is 4.46. The zero-order valence-electron chi connectivity index (χ0n) is 19.5. The molecule has 4 N–H and O–H groups in total. The monoisotopic (exact) mass is 498 g/mol. The molecule has 11 nitrogen and oxygen atoms in total. The topological polar surface area (TPSA) is 163 Å². The van der Waals surface area contributed by atoms with Crippen molar-refractivity contribution in [3.8, 4) is 11.4 Å². The van der Waals surface area contributed by atoms with Crippen molar-refractivity contribution in [2.24, 2.45) is 0 Å². The molecule has 0 spiro atoms.